The molecule has 0 saturated heterocycles. The second-order valence-electron chi connectivity index (χ2n) is 4.61. The summed E-state index contributed by atoms with van der Waals surface area (Å²) >= 11 is 0. The highest BCUT2D eigenvalue weighted by atomic mass is 16.8. The first-order valence-electron chi connectivity index (χ1n) is 5.82. The van der Waals surface area contributed by atoms with Crippen LogP contribution in [0.5, 0.6) is 0 Å². The Balaban J connectivity index is 4.96. The minimum atomic E-state index is -4.41. The standard InChI is InChI=1S/C10H22O9/c1-2-3-4-5-6-7(11,12)8(13,14)9(15,16)10(17,18)19/h11-19H,2-6H2,1H3. The molecule has 0 saturated carbocycles. The summed E-state index contributed by atoms with van der Waals surface area (Å²) in [4.78, 5) is 0. The van der Waals surface area contributed by atoms with Crippen LogP contribution < -0.4 is 0 Å². The van der Waals surface area contributed by atoms with Crippen LogP contribution in [0.15, 0.2) is 0 Å². The van der Waals surface area contributed by atoms with Crippen molar-refractivity contribution in [1.29, 1.82) is 0 Å². The van der Waals surface area contributed by atoms with E-state index >= 15 is 0 Å². The molecule has 116 valence electrons. The average molecular weight is 286 g/mol. The maximum absolute atomic E-state index is 9.44. The summed E-state index contributed by atoms with van der Waals surface area (Å²) in [5, 5.41) is 81.6. The zero-order valence-electron chi connectivity index (χ0n) is 10.6. The lowest BCUT2D eigenvalue weighted by atomic mass is 9.90. The van der Waals surface area contributed by atoms with Gasteiger partial charge in [0.1, 0.15) is 0 Å². The number of aliphatic hydroxyl groups is 9. The summed E-state index contributed by atoms with van der Waals surface area (Å²) < 4.78 is 0. The molecule has 0 fully saturated rings. The van der Waals surface area contributed by atoms with Gasteiger partial charge < -0.3 is 46.0 Å². The maximum Gasteiger partial charge on any atom is 0.338 e. The minimum absolute atomic E-state index is 0.0923. The summed E-state index contributed by atoms with van der Waals surface area (Å²) in [7, 11) is 0. The molecule has 0 amide bonds. The van der Waals surface area contributed by atoms with Crippen molar-refractivity contribution in [3.63, 3.8) is 0 Å². The topological polar surface area (TPSA) is 182 Å². The van der Waals surface area contributed by atoms with Gasteiger partial charge in [-0.05, 0) is 6.42 Å². The maximum atomic E-state index is 9.44. The Kier molecular flexibility index (Phi) is 5.84. The predicted octanol–water partition coefficient (Wildman–Crippen LogP) is -3.37. The Labute approximate surface area is 109 Å². The van der Waals surface area contributed by atoms with E-state index in [1.54, 1.807) is 0 Å². The molecular formula is C10H22O9. The molecule has 0 bridgehead atoms. The summed E-state index contributed by atoms with van der Waals surface area (Å²) in [5.41, 5.74) is 0. The minimum Gasteiger partial charge on any atom is -0.361 e. The highest BCUT2D eigenvalue weighted by Crippen LogP contribution is 2.36. The van der Waals surface area contributed by atoms with Gasteiger partial charge in [-0.3, -0.25) is 0 Å². The molecule has 0 unspecified atom stereocenters. The molecule has 9 nitrogen and oxygen atoms in total. The molecule has 0 aromatic heterocycles. The van der Waals surface area contributed by atoms with Crippen LogP contribution in [0, 0.1) is 0 Å². The Bertz CT molecular complexity index is 279. The predicted molar refractivity (Wildman–Crippen MR) is 59.7 cm³/mol. The average Bonchev–Trinajstić information content (AvgIpc) is 2.22. The molecule has 0 aromatic carbocycles. The van der Waals surface area contributed by atoms with Gasteiger partial charge in [-0.15, -0.1) is 0 Å². The highest BCUT2D eigenvalue weighted by Gasteiger charge is 2.70. The van der Waals surface area contributed by atoms with E-state index < -0.39 is 29.8 Å². The van der Waals surface area contributed by atoms with Gasteiger partial charge in [-0.1, -0.05) is 26.2 Å². The first-order valence-corrected chi connectivity index (χ1v) is 5.82. The van der Waals surface area contributed by atoms with E-state index in [0.717, 1.165) is 12.8 Å². The summed E-state index contributed by atoms with van der Waals surface area (Å²) in [6.45, 7) is 1.89. The second kappa shape index (κ2) is 5.95. The third-order valence-electron chi connectivity index (χ3n) is 2.89. The molecule has 0 aliphatic carbocycles. The zero-order chi connectivity index (χ0) is 15.5. The van der Waals surface area contributed by atoms with Crippen molar-refractivity contribution in [3.05, 3.63) is 0 Å². The smallest absolute Gasteiger partial charge is 0.338 e. The van der Waals surface area contributed by atoms with Crippen molar-refractivity contribution in [2.45, 2.75) is 62.4 Å². The third-order valence-corrected chi connectivity index (χ3v) is 2.89. The largest absolute Gasteiger partial charge is 0.361 e. The Morgan fingerprint density at radius 3 is 1.47 bits per heavy atom. The van der Waals surface area contributed by atoms with E-state index in [4.69, 9.17) is 25.5 Å². The summed E-state index contributed by atoms with van der Waals surface area (Å²) in [6, 6.07) is 0. The van der Waals surface area contributed by atoms with Crippen LogP contribution in [0.2, 0.25) is 0 Å². The van der Waals surface area contributed by atoms with Crippen LogP contribution >= 0.6 is 0 Å². The number of hydrogen-bond donors (Lipinski definition) is 9. The molecular weight excluding hydrogens is 264 g/mol. The van der Waals surface area contributed by atoms with Crippen LogP contribution in [-0.4, -0.2) is 69.3 Å². The molecule has 0 aliphatic rings. The van der Waals surface area contributed by atoms with Crippen molar-refractivity contribution in [2.24, 2.45) is 0 Å². The van der Waals surface area contributed by atoms with E-state index in [1.165, 1.54) is 0 Å². The Morgan fingerprint density at radius 1 is 0.632 bits per heavy atom. The van der Waals surface area contributed by atoms with E-state index in [0.29, 0.717) is 6.42 Å². The van der Waals surface area contributed by atoms with Gasteiger partial charge >= 0.3 is 11.8 Å². The zero-order valence-corrected chi connectivity index (χ0v) is 10.6. The first-order chi connectivity index (χ1) is 8.31. The normalized spacial score (nSPS) is 14.8. The fourth-order valence-electron chi connectivity index (χ4n) is 1.49. The highest BCUT2D eigenvalue weighted by molar-refractivity contribution is 4.96. The molecule has 9 heteroatoms. The van der Waals surface area contributed by atoms with Gasteiger partial charge in [0.15, 0.2) is 0 Å². The lowest BCUT2D eigenvalue weighted by molar-refractivity contribution is -0.544. The van der Waals surface area contributed by atoms with Gasteiger partial charge in [0.05, 0.1) is 0 Å². The fourth-order valence-corrected chi connectivity index (χ4v) is 1.49. The number of rotatable bonds is 8. The lowest BCUT2D eigenvalue weighted by Gasteiger charge is -2.45. The van der Waals surface area contributed by atoms with Crippen molar-refractivity contribution < 1.29 is 46.0 Å². The Morgan fingerprint density at radius 2 is 1.11 bits per heavy atom. The molecule has 0 rings (SSSR count). The quantitative estimate of drug-likeness (QED) is 0.162. The van der Waals surface area contributed by atoms with E-state index in [-0.39, 0.29) is 6.42 Å². The van der Waals surface area contributed by atoms with Crippen LogP contribution in [0.25, 0.3) is 0 Å². The van der Waals surface area contributed by atoms with Crippen molar-refractivity contribution in [2.75, 3.05) is 0 Å². The lowest BCUT2D eigenvalue weighted by Crippen LogP contribution is -2.76. The molecule has 0 atom stereocenters. The van der Waals surface area contributed by atoms with Crippen molar-refractivity contribution in [1.82, 2.24) is 0 Å². The molecule has 0 heterocycles. The monoisotopic (exact) mass is 286 g/mol. The fraction of sp³-hybridized carbons (Fsp3) is 1.00. The second-order valence-corrected chi connectivity index (χ2v) is 4.61. The van der Waals surface area contributed by atoms with Gasteiger partial charge in [-0.25, -0.2) is 0 Å². The van der Waals surface area contributed by atoms with Gasteiger partial charge in [0.2, 0.25) is 5.79 Å². The molecule has 0 aromatic rings. The SMILES string of the molecule is CCCCCCC(O)(O)C(O)(O)C(O)(O)C(O)(O)O. The number of unbranched alkanes of at least 4 members (excludes halogenated alkanes) is 3. The Hall–Kier alpha value is -0.360. The molecule has 0 aliphatic heterocycles. The molecule has 19 heavy (non-hydrogen) atoms. The summed E-state index contributed by atoms with van der Waals surface area (Å²) in [5.74, 6) is -16.5. The van der Waals surface area contributed by atoms with Crippen LogP contribution in [-0.2, 0) is 0 Å². The number of hydrogen-bond acceptors (Lipinski definition) is 9. The van der Waals surface area contributed by atoms with Crippen LogP contribution in [0.4, 0.5) is 0 Å². The molecule has 0 radical (unpaired) electrons. The van der Waals surface area contributed by atoms with E-state index in [1.807, 2.05) is 6.92 Å². The van der Waals surface area contributed by atoms with Crippen molar-refractivity contribution in [3.8, 4) is 0 Å². The van der Waals surface area contributed by atoms with Crippen LogP contribution in [0.3, 0.4) is 0 Å². The van der Waals surface area contributed by atoms with E-state index in [9.17, 15) is 20.4 Å². The molecule has 9 N–H and O–H groups in total. The van der Waals surface area contributed by atoms with E-state index in [2.05, 4.69) is 0 Å². The van der Waals surface area contributed by atoms with Crippen molar-refractivity contribution >= 4 is 0 Å². The van der Waals surface area contributed by atoms with Gasteiger partial charge in [0, 0.05) is 6.42 Å². The van der Waals surface area contributed by atoms with Crippen LogP contribution in [0.1, 0.15) is 39.0 Å². The summed E-state index contributed by atoms with van der Waals surface area (Å²) in [6.07, 6.45) is 1.45. The van der Waals surface area contributed by atoms with Gasteiger partial charge in [0.25, 0.3) is 5.79 Å². The van der Waals surface area contributed by atoms with Gasteiger partial charge in [-0.2, -0.15) is 0 Å². The first kappa shape index (κ1) is 18.6. The third kappa shape index (κ3) is 3.81. The molecule has 0 spiro atoms.